The molecule has 0 unspecified atom stereocenters. The second kappa shape index (κ2) is 6.24. The Hall–Kier alpha value is -3.40. The van der Waals surface area contributed by atoms with Crippen LogP contribution in [0.1, 0.15) is 16.1 Å². The van der Waals surface area contributed by atoms with Gasteiger partial charge in [0.05, 0.1) is 0 Å². The molecule has 0 aliphatic rings. The first-order valence-electron chi connectivity index (χ1n) is 8.13. The van der Waals surface area contributed by atoms with Crippen LogP contribution in [0, 0.1) is 6.92 Å². The summed E-state index contributed by atoms with van der Waals surface area (Å²) in [5.41, 5.74) is 4.75. The number of nitrogens with one attached hydrogen (secondary N) is 1. The van der Waals surface area contributed by atoms with Crippen molar-refractivity contribution in [1.29, 1.82) is 0 Å². The predicted molar refractivity (Wildman–Crippen MR) is 99.8 cm³/mol. The topological polar surface area (TPSA) is 46.4 Å². The van der Waals surface area contributed by atoms with Crippen molar-refractivity contribution in [3.05, 3.63) is 90.3 Å². The van der Waals surface area contributed by atoms with E-state index in [2.05, 4.69) is 5.32 Å². The van der Waals surface area contributed by atoms with Crippen LogP contribution in [-0.4, -0.2) is 15.3 Å². The SMILES string of the molecule is Cc1ccn2c(C(=O)Nc3ccccc3)c(-c3ccccc3)nc2c1. The molecule has 2 heterocycles. The fraction of sp³-hybridized carbons (Fsp3) is 0.0476. The Kier molecular flexibility index (Phi) is 3.78. The summed E-state index contributed by atoms with van der Waals surface area (Å²) in [5.74, 6) is -0.179. The highest BCUT2D eigenvalue weighted by atomic mass is 16.2. The monoisotopic (exact) mass is 327 g/mol. The third-order valence-corrected chi connectivity index (χ3v) is 4.08. The molecule has 0 aliphatic carbocycles. The largest absolute Gasteiger partial charge is 0.321 e. The molecule has 0 saturated carbocycles. The Morgan fingerprint density at radius 3 is 2.36 bits per heavy atom. The van der Waals surface area contributed by atoms with E-state index in [1.54, 1.807) is 0 Å². The Morgan fingerprint density at radius 1 is 0.960 bits per heavy atom. The van der Waals surface area contributed by atoms with Crippen LogP contribution < -0.4 is 5.32 Å². The molecule has 1 amide bonds. The van der Waals surface area contributed by atoms with Crippen LogP contribution in [0.5, 0.6) is 0 Å². The number of nitrogens with zero attached hydrogens (tertiary/aromatic N) is 2. The van der Waals surface area contributed by atoms with E-state index in [-0.39, 0.29) is 5.91 Å². The van der Waals surface area contributed by atoms with Crippen molar-refractivity contribution in [3.63, 3.8) is 0 Å². The van der Waals surface area contributed by atoms with Crippen LogP contribution in [0.2, 0.25) is 0 Å². The molecule has 122 valence electrons. The number of carbonyl (C=O) groups excluding carboxylic acids is 1. The number of amides is 1. The van der Waals surface area contributed by atoms with E-state index in [0.29, 0.717) is 11.4 Å². The lowest BCUT2D eigenvalue weighted by Gasteiger charge is -2.07. The zero-order valence-electron chi connectivity index (χ0n) is 13.8. The number of pyridine rings is 1. The number of para-hydroxylation sites is 1. The summed E-state index contributed by atoms with van der Waals surface area (Å²) >= 11 is 0. The van der Waals surface area contributed by atoms with Crippen molar-refractivity contribution >= 4 is 17.2 Å². The zero-order valence-corrected chi connectivity index (χ0v) is 13.8. The highest BCUT2D eigenvalue weighted by Crippen LogP contribution is 2.25. The second-order valence-electron chi connectivity index (χ2n) is 5.93. The van der Waals surface area contributed by atoms with Crippen molar-refractivity contribution in [2.45, 2.75) is 6.92 Å². The van der Waals surface area contributed by atoms with Gasteiger partial charge in [0.2, 0.25) is 0 Å². The summed E-state index contributed by atoms with van der Waals surface area (Å²) in [5, 5.41) is 2.96. The van der Waals surface area contributed by atoms with Gasteiger partial charge in [0.1, 0.15) is 17.0 Å². The predicted octanol–water partition coefficient (Wildman–Crippen LogP) is 4.56. The van der Waals surface area contributed by atoms with Gasteiger partial charge < -0.3 is 5.32 Å². The number of anilines is 1. The smallest absolute Gasteiger partial charge is 0.274 e. The van der Waals surface area contributed by atoms with Crippen molar-refractivity contribution in [2.24, 2.45) is 0 Å². The molecular weight excluding hydrogens is 310 g/mol. The molecule has 2 aromatic carbocycles. The Balaban J connectivity index is 1.87. The molecule has 2 aromatic heterocycles. The van der Waals surface area contributed by atoms with Crippen LogP contribution in [0.25, 0.3) is 16.9 Å². The first-order valence-corrected chi connectivity index (χ1v) is 8.13. The van der Waals surface area contributed by atoms with E-state index in [1.165, 1.54) is 0 Å². The first kappa shape index (κ1) is 15.1. The molecule has 1 N–H and O–H groups in total. The van der Waals surface area contributed by atoms with E-state index in [1.807, 2.05) is 90.3 Å². The number of aryl methyl sites for hydroxylation is 1. The standard InChI is InChI=1S/C21H17N3O/c1-15-12-13-24-18(14-15)23-19(16-8-4-2-5-9-16)20(24)21(25)22-17-10-6-3-7-11-17/h2-14H,1H3,(H,22,25). The third kappa shape index (κ3) is 2.90. The van der Waals surface area contributed by atoms with Gasteiger partial charge in [0.15, 0.2) is 0 Å². The van der Waals surface area contributed by atoms with Gasteiger partial charge in [0, 0.05) is 17.4 Å². The third-order valence-electron chi connectivity index (χ3n) is 4.08. The average molecular weight is 327 g/mol. The van der Waals surface area contributed by atoms with Gasteiger partial charge in [0.25, 0.3) is 5.91 Å². The molecule has 4 rings (SSSR count). The van der Waals surface area contributed by atoms with Crippen LogP contribution in [0.15, 0.2) is 79.0 Å². The molecule has 0 radical (unpaired) electrons. The van der Waals surface area contributed by atoms with E-state index >= 15 is 0 Å². The Morgan fingerprint density at radius 2 is 1.64 bits per heavy atom. The molecule has 0 saturated heterocycles. The normalized spacial score (nSPS) is 10.8. The van der Waals surface area contributed by atoms with Gasteiger partial charge in [-0.05, 0) is 36.8 Å². The summed E-state index contributed by atoms with van der Waals surface area (Å²) in [6.45, 7) is 2.01. The van der Waals surface area contributed by atoms with E-state index in [4.69, 9.17) is 4.98 Å². The maximum atomic E-state index is 13.0. The van der Waals surface area contributed by atoms with Crippen molar-refractivity contribution < 1.29 is 4.79 Å². The lowest BCUT2D eigenvalue weighted by atomic mass is 10.1. The van der Waals surface area contributed by atoms with E-state index in [9.17, 15) is 4.79 Å². The van der Waals surface area contributed by atoms with Crippen LogP contribution in [0.3, 0.4) is 0 Å². The molecule has 0 aliphatic heterocycles. The molecule has 0 fully saturated rings. The van der Waals surface area contributed by atoms with Crippen LogP contribution in [0.4, 0.5) is 5.69 Å². The van der Waals surface area contributed by atoms with Crippen LogP contribution >= 0.6 is 0 Å². The fourth-order valence-corrected chi connectivity index (χ4v) is 2.87. The Bertz CT molecular complexity index is 1040. The number of fused-ring (bicyclic) bond motifs is 1. The number of rotatable bonds is 3. The van der Waals surface area contributed by atoms with Crippen molar-refractivity contribution in [2.75, 3.05) is 5.32 Å². The summed E-state index contributed by atoms with van der Waals surface area (Å²) in [4.78, 5) is 17.7. The maximum absolute atomic E-state index is 13.0. The van der Waals surface area contributed by atoms with Crippen molar-refractivity contribution in [1.82, 2.24) is 9.38 Å². The summed E-state index contributed by atoms with van der Waals surface area (Å²) in [7, 11) is 0. The molecule has 4 aromatic rings. The number of imidazole rings is 1. The molecule has 4 heteroatoms. The second-order valence-corrected chi connectivity index (χ2v) is 5.93. The fourth-order valence-electron chi connectivity index (χ4n) is 2.87. The molecule has 4 nitrogen and oxygen atoms in total. The summed E-state index contributed by atoms with van der Waals surface area (Å²) in [6.07, 6.45) is 1.89. The zero-order chi connectivity index (χ0) is 17.2. The van der Waals surface area contributed by atoms with Crippen molar-refractivity contribution in [3.8, 4) is 11.3 Å². The maximum Gasteiger partial charge on any atom is 0.274 e. The molecular formula is C21H17N3O. The molecule has 25 heavy (non-hydrogen) atoms. The van der Waals surface area contributed by atoms with Gasteiger partial charge in [-0.1, -0.05) is 48.5 Å². The molecule has 0 atom stereocenters. The van der Waals surface area contributed by atoms with Gasteiger partial charge >= 0.3 is 0 Å². The minimum atomic E-state index is -0.179. The number of aromatic nitrogens is 2. The van der Waals surface area contributed by atoms with Gasteiger partial charge in [-0.25, -0.2) is 4.98 Å². The molecule has 0 spiro atoms. The highest BCUT2D eigenvalue weighted by Gasteiger charge is 2.20. The van der Waals surface area contributed by atoms with Crippen LogP contribution in [-0.2, 0) is 0 Å². The van der Waals surface area contributed by atoms with E-state index in [0.717, 1.165) is 22.5 Å². The Labute approximate surface area is 145 Å². The number of carbonyl (C=O) groups is 1. The minimum absolute atomic E-state index is 0.179. The number of benzene rings is 2. The molecule has 0 bridgehead atoms. The van der Waals surface area contributed by atoms with Gasteiger partial charge in [-0.2, -0.15) is 0 Å². The van der Waals surface area contributed by atoms with Gasteiger partial charge in [-0.3, -0.25) is 9.20 Å². The first-order chi connectivity index (χ1) is 12.2. The summed E-state index contributed by atoms with van der Waals surface area (Å²) < 4.78 is 1.84. The van der Waals surface area contributed by atoms with E-state index < -0.39 is 0 Å². The average Bonchev–Trinajstić information content (AvgIpc) is 3.02. The minimum Gasteiger partial charge on any atom is -0.321 e. The number of hydrogen-bond donors (Lipinski definition) is 1. The lowest BCUT2D eigenvalue weighted by molar-refractivity contribution is 0.102. The highest BCUT2D eigenvalue weighted by molar-refractivity contribution is 6.07. The lowest BCUT2D eigenvalue weighted by Crippen LogP contribution is -2.15. The summed E-state index contributed by atoms with van der Waals surface area (Å²) in [6, 6.07) is 23.2. The van der Waals surface area contributed by atoms with Gasteiger partial charge in [-0.15, -0.1) is 0 Å². The number of hydrogen-bond acceptors (Lipinski definition) is 2. The quantitative estimate of drug-likeness (QED) is 0.599.